The van der Waals surface area contributed by atoms with Gasteiger partial charge in [-0.15, -0.1) is 0 Å². The van der Waals surface area contributed by atoms with Crippen LogP contribution >= 0.6 is 0 Å². The molecular formula is C23H27NO4. The van der Waals surface area contributed by atoms with Crippen molar-refractivity contribution in [2.45, 2.75) is 32.5 Å². The van der Waals surface area contributed by atoms with E-state index in [0.717, 1.165) is 51.5 Å². The Kier molecular flexibility index (Phi) is 4.81. The lowest BCUT2D eigenvalue weighted by Gasteiger charge is -2.39. The third-order valence-corrected chi connectivity index (χ3v) is 6.08. The number of ether oxygens (including phenoxy) is 3. The average Bonchev–Trinajstić information content (AvgIpc) is 2.74. The first-order chi connectivity index (χ1) is 13.5. The van der Waals surface area contributed by atoms with Crippen LogP contribution in [0.1, 0.15) is 31.1 Å². The highest BCUT2D eigenvalue weighted by molar-refractivity contribution is 6.12. The maximum Gasteiger partial charge on any atom is 0.161 e. The molecule has 0 saturated carbocycles. The predicted octanol–water partition coefficient (Wildman–Crippen LogP) is 4.28. The molecule has 3 aromatic rings. The summed E-state index contributed by atoms with van der Waals surface area (Å²) in [5, 5.41) is 15.5. The van der Waals surface area contributed by atoms with E-state index in [4.69, 9.17) is 14.2 Å². The predicted molar refractivity (Wildman–Crippen MR) is 112 cm³/mol. The van der Waals surface area contributed by atoms with Gasteiger partial charge in [-0.2, -0.15) is 0 Å². The monoisotopic (exact) mass is 381 g/mol. The Morgan fingerprint density at radius 3 is 2.18 bits per heavy atom. The molecule has 1 aliphatic rings. The zero-order valence-electron chi connectivity index (χ0n) is 17.1. The summed E-state index contributed by atoms with van der Waals surface area (Å²) in [5.74, 6) is 2.17. The van der Waals surface area contributed by atoms with E-state index < -0.39 is 6.10 Å². The van der Waals surface area contributed by atoms with E-state index in [2.05, 4.69) is 24.8 Å². The van der Waals surface area contributed by atoms with E-state index in [0.29, 0.717) is 11.5 Å². The van der Waals surface area contributed by atoms with Crippen molar-refractivity contribution in [1.29, 1.82) is 0 Å². The fourth-order valence-corrected chi connectivity index (χ4v) is 4.46. The molecule has 5 heteroatoms. The number of rotatable bonds is 4. The van der Waals surface area contributed by atoms with E-state index in [1.807, 2.05) is 24.3 Å². The zero-order valence-corrected chi connectivity index (χ0v) is 17.1. The van der Waals surface area contributed by atoms with Crippen molar-refractivity contribution in [2.24, 2.45) is 0 Å². The molecule has 2 atom stereocenters. The minimum Gasteiger partial charge on any atom is -0.497 e. The smallest absolute Gasteiger partial charge is 0.161 e. The summed E-state index contributed by atoms with van der Waals surface area (Å²) in [6.07, 6.45) is -0.558. The standard InChI is InChI=1S/C23H27NO4/c1-6-24-12-19-18-11-21(28-5)20(27-4)10-17(18)16-9-14(26-3)7-8-15(16)22(19)23(25)13(24)2/h7-11,13,23,25H,6,12H2,1-5H3. The molecule has 1 aliphatic heterocycles. The van der Waals surface area contributed by atoms with E-state index in [-0.39, 0.29) is 6.04 Å². The molecule has 0 fully saturated rings. The van der Waals surface area contributed by atoms with E-state index in [1.54, 1.807) is 21.3 Å². The quantitative estimate of drug-likeness (QED) is 0.684. The number of aliphatic hydroxyl groups excluding tert-OH is 1. The lowest BCUT2D eigenvalue weighted by molar-refractivity contribution is 0.0426. The van der Waals surface area contributed by atoms with Gasteiger partial charge in [0, 0.05) is 12.6 Å². The van der Waals surface area contributed by atoms with Gasteiger partial charge in [0.2, 0.25) is 0 Å². The SMILES string of the molecule is CCN1Cc2c(c3ccc(OC)cc3c3cc(OC)c(OC)cc23)C(O)C1C. The van der Waals surface area contributed by atoms with Crippen LogP contribution in [0, 0.1) is 0 Å². The van der Waals surface area contributed by atoms with Crippen LogP contribution in [0.4, 0.5) is 0 Å². The first-order valence-electron chi connectivity index (χ1n) is 9.64. The normalized spacial score (nSPS) is 19.6. The number of hydrogen-bond donors (Lipinski definition) is 1. The van der Waals surface area contributed by atoms with Gasteiger partial charge in [-0.3, -0.25) is 4.90 Å². The highest BCUT2D eigenvalue weighted by atomic mass is 16.5. The minimum absolute atomic E-state index is 0.0559. The van der Waals surface area contributed by atoms with Crippen molar-refractivity contribution in [3.05, 3.63) is 41.5 Å². The number of benzene rings is 3. The van der Waals surface area contributed by atoms with E-state index in [1.165, 1.54) is 0 Å². The molecule has 148 valence electrons. The molecule has 0 aromatic heterocycles. The Morgan fingerprint density at radius 1 is 0.929 bits per heavy atom. The summed E-state index contributed by atoms with van der Waals surface area (Å²) in [5.41, 5.74) is 2.16. The highest BCUT2D eigenvalue weighted by Gasteiger charge is 2.33. The van der Waals surface area contributed by atoms with Gasteiger partial charge in [0.1, 0.15) is 5.75 Å². The largest absolute Gasteiger partial charge is 0.497 e. The summed E-state index contributed by atoms with van der Waals surface area (Å²) < 4.78 is 16.6. The second kappa shape index (κ2) is 7.15. The number of nitrogens with zero attached hydrogens (tertiary/aromatic N) is 1. The van der Waals surface area contributed by atoms with Crippen molar-refractivity contribution in [3.8, 4) is 17.2 Å². The van der Waals surface area contributed by atoms with E-state index in [9.17, 15) is 5.11 Å². The first-order valence-corrected chi connectivity index (χ1v) is 9.64. The molecule has 0 amide bonds. The van der Waals surface area contributed by atoms with Gasteiger partial charge in [-0.05, 0) is 70.4 Å². The minimum atomic E-state index is -0.558. The molecule has 1 N–H and O–H groups in total. The summed E-state index contributed by atoms with van der Waals surface area (Å²) in [7, 11) is 4.96. The summed E-state index contributed by atoms with van der Waals surface area (Å²) in [6, 6.07) is 10.2. The number of aliphatic hydroxyl groups is 1. The third kappa shape index (κ3) is 2.69. The lowest BCUT2D eigenvalue weighted by Crippen LogP contribution is -2.41. The number of fused-ring (bicyclic) bond motifs is 6. The van der Waals surface area contributed by atoms with E-state index >= 15 is 0 Å². The molecular weight excluding hydrogens is 354 g/mol. The van der Waals surface area contributed by atoms with Gasteiger partial charge in [0.05, 0.1) is 27.4 Å². The van der Waals surface area contributed by atoms with Crippen LogP contribution in [0.15, 0.2) is 30.3 Å². The van der Waals surface area contributed by atoms with Crippen molar-refractivity contribution in [2.75, 3.05) is 27.9 Å². The third-order valence-electron chi connectivity index (χ3n) is 6.08. The Bertz CT molecular complexity index is 1050. The summed E-state index contributed by atoms with van der Waals surface area (Å²) >= 11 is 0. The van der Waals surface area contributed by atoms with Crippen LogP contribution in [0.5, 0.6) is 17.2 Å². The van der Waals surface area contributed by atoms with Gasteiger partial charge in [-0.1, -0.05) is 13.0 Å². The van der Waals surface area contributed by atoms with Crippen molar-refractivity contribution < 1.29 is 19.3 Å². The number of likely N-dealkylation sites (N-methyl/N-ethyl adjacent to an activating group) is 1. The molecule has 4 rings (SSSR count). The summed E-state index contributed by atoms with van der Waals surface area (Å²) in [6.45, 7) is 5.89. The van der Waals surface area contributed by atoms with Crippen molar-refractivity contribution >= 4 is 21.5 Å². The van der Waals surface area contributed by atoms with Crippen LogP contribution < -0.4 is 14.2 Å². The second-order valence-corrected chi connectivity index (χ2v) is 7.31. The van der Waals surface area contributed by atoms with Crippen LogP contribution in [0.2, 0.25) is 0 Å². The molecule has 3 aromatic carbocycles. The fourth-order valence-electron chi connectivity index (χ4n) is 4.46. The molecule has 0 bridgehead atoms. The van der Waals surface area contributed by atoms with Gasteiger partial charge in [0.25, 0.3) is 0 Å². The maximum absolute atomic E-state index is 11.2. The second-order valence-electron chi connectivity index (χ2n) is 7.31. The molecule has 0 radical (unpaired) electrons. The molecule has 5 nitrogen and oxygen atoms in total. The van der Waals surface area contributed by atoms with Gasteiger partial charge in [-0.25, -0.2) is 0 Å². The number of methoxy groups -OCH3 is 3. The van der Waals surface area contributed by atoms with Crippen LogP contribution in [0.3, 0.4) is 0 Å². The molecule has 2 unspecified atom stereocenters. The summed E-state index contributed by atoms with van der Waals surface area (Å²) in [4.78, 5) is 2.30. The Hall–Kier alpha value is -2.50. The molecule has 28 heavy (non-hydrogen) atoms. The van der Waals surface area contributed by atoms with Gasteiger partial charge >= 0.3 is 0 Å². The zero-order chi connectivity index (χ0) is 20.0. The Balaban J connectivity index is 2.17. The van der Waals surface area contributed by atoms with Crippen LogP contribution in [-0.4, -0.2) is 43.9 Å². The fraction of sp³-hybridized carbons (Fsp3) is 0.391. The molecule has 0 spiro atoms. The maximum atomic E-state index is 11.2. The highest BCUT2D eigenvalue weighted by Crippen LogP contribution is 2.45. The molecule has 1 heterocycles. The Labute approximate surface area is 165 Å². The van der Waals surface area contributed by atoms with Crippen LogP contribution in [-0.2, 0) is 6.54 Å². The number of hydrogen-bond acceptors (Lipinski definition) is 5. The van der Waals surface area contributed by atoms with Crippen molar-refractivity contribution in [1.82, 2.24) is 4.90 Å². The van der Waals surface area contributed by atoms with Crippen LogP contribution in [0.25, 0.3) is 21.5 Å². The Morgan fingerprint density at radius 2 is 1.57 bits per heavy atom. The van der Waals surface area contributed by atoms with Gasteiger partial charge < -0.3 is 19.3 Å². The van der Waals surface area contributed by atoms with Crippen molar-refractivity contribution in [3.63, 3.8) is 0 Å². The topological polar surface area (TPSA) is 51.2 Å². The average molecular weight is 381 g/mol. The first kappa shape index (κ1) is 18.8. The lowest BCUT2D eigenvalue weighted by atomic mass is 9.83. The molecule has 0 saturated heterocycles. The van der Waals surface area contributed by atoms with Gasteiger partial charge in [0.15, 0.2) is 11.5 Å². The molecule has 0 aliphatic carbocycles.